The lowest BCUT2D eigenvalue weighted by Crippen LogP contribution is -2.73. The van der Waals surface area contributed by atoms with E-state index in [4.69, 9.17) is 0 Å². The molecule has 1 heterocycles. The van der Waals surface area contributed by atoms with Crippen LogP contribution < -0.4 is 0 Å². The normalized spacial score (nSPS) is 21.1. The Kier molecular flexibility index (Phi) is 5.18. The Morgan fingerprint density at radius 3 is 1.78 bits per heavy atom. The molecule has 0 bridgehead atoms. The number of rotatable bonds is 6. The average molecular weight is 367 g/mol. The fraction of sp³-hybridized carbons (Fsp3) is 0.364. The summed E-state index contributed by atoms with van der Waals surface area (Å²) in [5, 5.41) is 21.9. The fourth-order valence-electron chi connectivity index (χ4n) is 3.77. The summed E-state index contributed by atoms with van der Waals surface area (Å²) in [5.41, 5.74) is -0.800. The first-order valence-corrected chi connectivity index (χ1v) is 9.18. The molecule has 0 unspecified atom stereocenters. The van der Waals surface area contributed by atoms with Gasteiger partial charge in [0.25, 0.3) is 0 Å². The van der Waals surface area contributed by atoms with E-state index in [9.17, 15) is 19.8 Å². The van der Waals surface area contributed by atoms with Crippen molar-refractivity contribution in [3.05, 3.63) is 71.8 Å². The van der Waals surface area contributed by atoms with Crippen LogP contribution in [0, 0.1) is 11.8 Å². The van der Waals surface area contributed by atoms with Crippen LogP contribution in [0.1, 0.15) is 31.9 Å². The number of carbonyl (C=O) groups excluding carboxylic acids is 2. The largest absolute Gasteiger partial charge is 0.392 e. The Labute approximate surface area is 159 Å². The molecule has 1 aliphatic heterocycles. The Bertz CT molecular complexity index is 777. The van der Waals surface area contributed by atoms with Crippen LogP contribution in [-0.4, -0.2) is 38.9 Å². The van der Waals surface area contributed by atoms with Crippen LogP contribution in [0.2, 0.25) is 0 Å². The molecule has 2 aromatic rings. The van der Waals surface area contributed by atoms with E-state index in [1.54, 1.807) is 62.4 Å². The Morgan fingerprint density at radius 1 is 0.963 bits per heavy atom. The summed E-state index contributed by atoms with van der Waals surface area (Å²) in [6.07, 6.45) is -0.975. The summed E-state index contributed by atoms with van der Waals surface area (Å²) >= 11 is 0. The number of likely N-dealkylation sites (tertiary alicyclic amines) is 1. The molecule has 3 rings (SSSR count). The van der Waals surface area contributed by atoms with Gasteiger partial charge in [-0.3, -0.25) is 14.5 Å². The zero-order chi connectivity index (χ0) is 19.8. The summed E-state index contributed by atoms with van der Waals surface area (Å²) in [4.78, 5) is 27.1. The van der Waals surface area contributed by atoms with E-state index in [1.807, 2.05) is 12.1 Å². The third-order valence-corrected chi connectivity index (χ3v) is 5.22. The van der Waals surface area contributed by atoms with E-state index in [1.165, 1.54) is 11.8 Å². The lowest BCUT2D eigenvalue weighted by molar-refractivity contribution is -0.206. The number of benzene rings is 2. The molecule has 0 radical (unpaired) electrons. The van der Waals surface area contributed by atoms with E-state index in [0.29, 0.717) is 11.1 Å². The number of carbonyl (C=O) groups is 2. The average Bonchev–Trinajstić information content (AvgIpc) is 2.66. The van der Waals surface area contributed by atoms with Gasteiger partial charge < -0.3 is 10.2 Å². The number of hydrogen-bond acceptors (Lipinski definition) is 4. The molecule has 0 aliphatic carbocycles. The number of nitrogens with zero attached hydrogens (tertiary/aromatic N) is 1. The molecule has 1 aliphatic rings. The van der Waals surface area contributed by atoms with Crippen LogP contribution >= 0.6 is 0 Å². The fourth-order valence-corrected chi connectivity index (χ4v) is 3.77. The Balaban J connectivity index is 2.17. The van der Waals surface area contributed by atoms with Crippen LogP contribution in [0.15, 0.2) is 60.7 Å². The van der Waals surface area contributed by atoms with Gasteiger partial charge in [-0.25, -0.2) is 0 Å². The van der Waals surface area contributed by atoms with E-state index < -0.39 is 29.7 Å². The molecule has 2 N–H and O–H groups in total. The van der Waals surface area contributed by atoms with Gasteiger partial charge >= 0.3 is 0 Å². The Morgan fingerprint density at radius 2 is 1.41 bits per heavy atom. The summed E-state index contributed by atoms with van der Waals surface area (Å²) in [6.45, 7) is 5.02. The van der Waals surface area contributed by atoms with Crippen molar-refractivity contribution in [1.29, 1.82) is 0 Å². The molecular formula is C22H25NO4. The van der Waals surface area contributed by atoms with Crippen molar-refractivity contribution >= 4 is 11.7 Å². The zero-order valence-electron chi connectivity index (χ0n) is 15.7. The molecule has 1 saturated heterocycles. The van der Waals surface area contributed by atoms with Crippen molar-refractivity contribution in [2.45, 2.75) is 38.6 Å². The third-order valence-electron chi connectivity index (χ3n) is 5.22. The van der Waals surface area contributed by atoms with Crippen LogP contribution in [0.3, 0.4) is 0 Å². The van der Waals surface area contributed by atoms with Gasteiger partial charge in [-0.2, -0.15) is 0 Å². The first-order chi connectivity index (χ1) is 12.8. The van der Waals surface area contributed by atoms with Crippen molar-refractivity contribution in [1.82, 2.24) is 4.90 Å². The molecule has 1 amide bonds. The smallest absolute Gasteiger partial charge is 0.234 e. The van der Waals surface area contributed by atoms with Crippen molar-refractivity contribution < 1.29 is 19.8 Å². The predicted molar refractivity (Wildman–Crippen MR) is 102 cm³/mol. The molecule has 3 atom stereocenters. The first kappa shape index (κ1) is 19.3. The maximum Gasteiger partial charge on any atom is 0.234 e. The molecule has 2 aromatic carbocycles. The molecule has 27 heavy (non-hydrogen) atoms. The molecular weight excluding hydrogens is 342 g/mol. The highest BCUT2D eigenvalue weighted by molar-refractivity contribution is 6.01. The van der Waals surface area contributed by atoms with Gasteiger partial charge in [-0.1, -0.05) is 74.5 Å². The molecule has 0 aromatic heterocycles. The highest BCUT2D eigenvalue weighted by atomic mass is 16.3. The van der Waals surface area contributed by atoms with Crippen LogP contribution in [-0.2, 0) is 15.3 Å². The third kappa shape index (κ3) is 3.07. The number of aliphatic hydroxyl groups is 2. The van der Waals surface area contributed by atoms with Crippen molar-refractivity contribution in [2.75, 3.05) is 0 Å². The minimum Gasteiger partial charge on any atom is -0.392 e. The first-order valence-electron chi connectivity index (χ1n) is 9.18. The van der Waals surface area contributed by atoms with Gasteiger partial charge in [0, 0.05) is 17.0 Å². The summed E-state index contributed by atoms with van der Waals surface area (Å²) in [5.74, 6) is -1.79. The molecule has 0 saturated carbocycles. The summed E-state index contributed by atoms with van der Waals surface area (Å²) < 4.78 is 0. The van der Waals surface area contributed by atoms with Crippen molar-refractivity contribution in [2.24, 2.45) is 11.8 Å². The molecule has 0 spiro atoms. The zero-order valence-corrected chi connectivity index (χ0v) is 15.7. The topological polar surface area (TPSA) is 77.8 Å². The number of β-lactam (4-membered cyclic amide) rings is 1. The van der Waals surface area contributed by atoms with Crippen molar-refractivity contribution in [3.63, 3.8) is 0 Å². The lowest BCUT2D eigenvalue weighted by atomic mass is 9.74. The monoisotopic (exact) mass is 367 g/mol. The van der Waals surface area contributed by atoms with Crippen LogP contribution in [0.5, 0.6) is 0 Å². The van der Waals surface area contributed by atoms with Gasteiger partial charge in [0.05, 0.1) is 12.0 Å². The molecule has 5 nitrogen and oxygen atoms in total. The van der Waals surface area contributed by atoms with E-state index in [0.717, 1.165) is 0 Å². The second-order valence-electron chi connectivity index (χ2n) is 7.38. The minimum absolute atomic E-state index is 0.175. The second kappa shape index (κ2) is 7.25. The minimum atomic E-state index is -1.79. The summed E-state index contributed by atoms with van der Waals surface area (Å²) in [7, 11) is 0. The number of hydrogen-bond donors (Lipinski definition) is 2. The van der Waals surface area contributed by atoms with Gasteiger partial charge in [-0.15, -0.1) is 0 Å². The van der Waals surface area contributed by atoms with E-state index in [2.05, 4.69) is 0 Å². The quantitative estimate of drug-likeness (QED) is 0.768. The van der Waals surface area contributed by atoms with Gasteiger partial charge in [0.2, 0.25) is 5.91 Å². The molecule has 142 valence electrons. The number of ketones is 1. The highest BCUT2D eigenvalue weighted by Gasteiger charge is 2.61. The van der Waals surface area contributed by atoms with E-state index in [-0.39, 0.29) is 11.7 Å². The highest BCUT2D eigenvalue weighted by Crippen LogP contribution is 2.44. The lowest BCUT2D eigenvalue weighted by Gasteiger charge is -2.55. The van der Waals surface area contributed by atoms with Gasteiger partial charge in [0.1, 0.15) is 6.04 Å². The number of aliphatic hydroxyl groups excluding tert-OH is 1. The maximum absolute atomic E-state index is 13.0. The number of Topliss-reactive ketones (excluding diaryl/α,β-unsaturated/α-hetero) is 1. The van der Waals surface area contributed by atoms with Crippen molar-refractivity contribution in [3.8, 4) is 0 Å². The molecule has 5 heteroatoms. The SMILES string of the molecule is CC(C)C(=O)[C@@H]1[C@@H]([C@@H](C)O)C(=O)N1C(O)(c1ccccc1)c1ccccc1. The molecule has 1 fully saturated rings. The Hall–Kier alpha value is -2.50. The van der Waals surface area contributed by atoms with Gasteiger partial charge in [-0.05, 0) is 6.92 Å². The van der Waals surface area contributed by atoms with Crippen LogP contribution in [0.25, 0.3) is 0 Å². The van der Waals surface area contributed by atoms with E-state index >= 15 is 0 Å². The second-order valence-corrected chi connectivity index (χ2v) is 7.38. The maximum atomic E-state index is 13.0. The summed E-state index contributed by atoms with van der Waals surface area (Å²) in [6, 6.07) is 16.8. The van der Waals surface area contributed by atoms with Gasteiger partial charge in [0.15, 0.2) is 11.5 Å². The number of amides is 1. The predicted octanol–water partition coefficient (Wildman–Crippen LogP) is 2.31. The van der Waals surface area contributed by atoms with Crippen LogP contribution in [0.4, 0.5) is 0 Å². The standard InChI is InChI=1S/C22H25NO4/c1-14(2)20(25)19-18(15(3)24)21(26)23(19)22(27,16-10-6-4-7-11-16)17-12-8-5-9-13-17/h4-15,18-19,24,27H,1-3H3/t15-,18-,19+/m1/s1.